The monoisotopic (exact) mass is 249 g/mol. The molecule has 0 bridgehead atoms. The number of hydrogen-bond donors (Lipinski definition) is 0. The fourth-order valence-electron chi connectivity index (χ4n) is 2.01. The number of rotatable bonds is 7. The lowest BCUT2D eigenvalue weighted by atomic mass is 10.1. The third-order valence-corrected chi connectivity index (χ3v) is 2.80. The van der Waals surface area contributed by atoms with Gasteiger partial charge in [-0.25, -0.2) is 0 Å². The minimum Gasteiger partial charge on any atom is -0.383 e. The second kappa shape index (κ2) is 7.17. The molecule has 3 heteroatoms. The van der Waals surface area contributed by atoms with Gasteiger partial charge in [0.15, 0.2) is 6.29 Å². The molecule has 0 unspecified atom stereocenters. The Morgan fingerprint density at radius 3 is 2.67 bits per heavy atom. The van der Waals surface area contributed by atoms with Crippen LogP contribution in [-0.2, 0) is 4.74 Å². The van der Waals surface area contributed by atoms with Crippen LogP contribution in [0.15, 0.2) is 18.2 Å². The van der Waals surface area contributed by atoms with Gasteiger partial charge < -0.3 is 9.64 Å². The standard InChI is InChI=1S/C15H23NO2/c1-12(2)10-16(7-8-18-4)15-6-5-13(3)9-14(15)11-17/h5-6,9,11-12H,7-8,10H2,1-4H3. The lowest BCUT2D eigenvalue weighted by molar-refractivity contribution is 0.112. The zero-order valence-corrected chi connectivity index (χ0v) is 11.8. The molecule has 0 N–H and O–H groups in total. The Morgan fingerprint density at radius 1 is 1.39 bits per heavy atom. The molecule has 0 amide bonds. The first-order chi connectivity index (χ1) is 8.58. The lowest BCUT2D eigenvalue weighted by Crippen LogP contribution is -2.31. The van der Waals surface area contributed by atoms with Gasteiger partial charge in [0.25, 0.3) is 0 Å². The molecule has 0 radical (unpaired) electrons. The molecule has 0 aliphatic carbocycles. The molecule has 3 nitrogen and oxygen atoms in total. The van der Waals surface area contributed by atoms with E-state index in [0.29, 0.717) is 12.5 Å². The number of aryl methyl sites for hydroxylation is 1. The minimum atomic E-state index is 0.544. The van der Waals surface area contributed by atoms with Gasteiger partial charge in [0.05, 0.1) is 6.61 Å². The van der Waals surface area contributed by atoms with Crippen molar-refractivity contribution >= 4 is 12.0 Å². The average molecular weight is 249 g/mol. The van der Waals surface area contributed by atoms with Crippen LogP contribution in [0.25, 0.3) is 0 Å². The summed E-state index contributed by atoms with van der Waals surface area (Å²) < 4.78 is 5.14. The predicted molar refractivity (Wildman–Crippen MR) is 75.5 cm³/mol. The molecule has 0 atom stereocenters. The van der Waals surface area contributed by atoms with Gasteiger partial charge in [-0.1, -0.05) is 25.5 Å². The molecule has 0 spiro atoms. The summed E-state index contributed by atoms with van der Waals surface area (Å²) in [5.74, 6) is 0.544. The number of benzene rings is 1. The van der Waals surface area contributed by atoms with E-state index >= 15 is 0 Å². The van der Waals surface area contributed by atoms with Crippen LogP contribution in [0.1, 0.15) is 29.8 Å². The van der Waals surface area contributed by atoms with Crippen LogP contribution in [-0.4, -0.2) is 33.1 Å². The smallest absolute Gasteiger partial charge is 0.152 e. The van der Waals surface area contributed by atoms with Crippen LogP contribution in [0.5, 0.6) is 0 Å². The van der Waals surface area contributed by atoms with Crippen molar-refractivity contribution in [2.75, 3.05) is 31.7 Å². The molecule has 0 heterocycles. The predicted octanol–water partition coefficient (Wildman–Crippen LogP) is 2.92. The highest BCUT2D eigenvalue weighted by Gasteiger charge is 2.12. The molecular formula is C15H23NO2. The van der Waals surface area contributed by atoms with Gasteiger partial charge in [-0.2, -0.15) is 0 Å². The molecule has 0 aliphatic heterocycles. The van der Waals surface area contributed by atoms with Crippen LogP contribution < -0.4 is 4.90 Å². The Hall–Kier alpha value is -1.35. The zero-order valence-electron chi connectivity index (χ0n) is 11.8. The zero-order chi connectivity index (χ0) is 13.5. The van der Waals surface area contributed by atoms with Gasteiger partial charge in [-0.3, -0.25) is 4.79 Å². The third-order valence-electron chi connectivity index (χ3n) is 2.80. The molecular weight excluding hydrogens is 226 g/mol. The van der Waals surface area contributed by atoms with Crippen molar-refractivity contribution in [1.82, 2.24) is 0 Å². The number of nitrogens with zero attached hydrogens (tertiary/aromatic N) is 1. The van der Waals surface area contributed by atoms with Gasteiger partial charge >= 0.3 is 0 Å². The SMILES string of the molecule is COCCN(CC(C)C)c1ccc(C)cc1C=O. The highest BCUT2D eigenvalue weighted by molar-refractivity contribution is 5.85. The first-order valence-electron chi connectivity index (χ1n) is 6.38. The molecule has 0 saturated carbocycles. The Labute approximate surface area is 110 Å². The maximum absolute atomic E-state index is 11.2. The fraction of sp³-hybridized carbons (Fsp3) is 0.533. The Morgan fingerprint density at radius 2 is 2.11 bits per heavy atom. The maximum atomic E-state index is 11.2. The molecule has 1 aromatic carbocycles. The molecule has 100 valence electrons. The van der Waals surface area contributed by atoms with Crippen LogP contribution in [0.3, 0.4) is 0 Å². The van der Waals surface area contributed by atoms with Gasteiger partial charge in [0.1, 0.15) is 0 Å². The van der Waals surface area contributed by atoms with Gasteiger partial charge in [0.2, 0.25) is 0 Å². The Kier molecular flexibility index (Phi) is 5.86. The third kappa shape index (κ3) is 4.15. The fourth-order valence-corrected chi connectivity index (χ4v) is 2.01. The van der Waals surface area contributed by atoms with E-state index in [1.165, 1.54) is 0 Å². The van der Waals surface area contributed by atoms with Crippen molar-refractivity contribution in [2.24, 2.45) is 5.92 Å². The summed E-state index contributed by atoms with van der Waals surface area (Å²) in [6, 6.07) is 6.00. The second-order valence-electron chi connectivity index (χ2n) is 5.01. The van der Waals surface area contributed by atoms with E-state index in [1.807, 2.05) is 25.1 Å². The van der Waals surface area contributed by atoms with E-state index in [9.17, 15) is 4.79 Å². The normalized spacial score (nSPS) is 10.7. The summed E-state index contributed by atoms with van der Waals surface area (Å²) in [6.45, 7) is 8.74. The van der Waals surface area contributed by atoms with E-state index in [-0.39, 0.29) is 0 Å². The average Bonchev–Trinajstić information content (AvgIpc) is 2.34. The minimum absolute atomic E-state index is 0.544. The summed E-state index contributed by atoms with van der Waals surface area (Å²) in [5.41, 5.74) is 2.87. The summed E-state index contributed by atoms with van der Waals surface area (Å²) in [7, 11) is 1.70. The first kappa shape index (κ1) is 14.7. The van der Waals surface area contributed by atoms with Crippen LogP contribution in [0.2, 0.25) is 0 Å². The van der Waals surface area contributed by atoms with Crippen molar-refractivity contribution in [3.63, 3.8) is 0 Å². The maximum Gasteiger partial charge on any atom is 0.152 e. The van der Waals surface area contributed by atoms with Gasteiger partial charge in [-0.05, 0) is 25.0 Å². The topological polar surface area (TPSA) is 29.5 Å². The van der Waals surface area contributed by atoms with E-state index < -0.39 is 0 Å². The van der Waals surface area contributed by atoms with Crippen LogP contribution >= 0.6 is 0 Å². The Balaban J connectivity index is 2.99. The van der Waals surface area contributed by atoms with E-state index in [1.54, 1.807) is 7.11 Å². The molecule has 0 aromatic heterocycles. The van der Waals surface area contributed by atoms with E-state index in [2.05, 4.69) is 18.7 Å². The first-order valence-corrected chi connectivity index (χ1v) is 6.38. The van der Waals surface area contributed by atoms with E-state index in [4.69, 9.17) is 4.74 Å². The summed E-state index contributed by atoms with van der Waals surface area (Å²) in [6.07, 6.45) is 0.933. The number of carbonyl (C=O) groups is 1. The lowest BCUT2D eigenvalue weighted by Gasteiger charge is -2.27. The Bertz CT molecular complexity index is 388. The largest absolute Gasteiger partial charge is 0.383 e. The molecule has 0 fully saturated rings. The number of methoxy groups -OCH3 is 1. The van der Waals surface area contributed by atoms with Crippen LogP contribution in [0.4, 0.5) is 5.69 Å². The molecule has 1 aromatic rings. The second-order valence-corrected chi connectivity index (χ2v) is 5.01. The highest BCUT2D eigenvalue weighted by Crippen LogP contribution is 2.21. The number of carbonyl (C=O) groups excluding carboxylic acids is 1. The van der Waals surface area contributed by atoms with Crippen molar-refractivity contribution in [2.45, 2.75) is 20.8 Å². The van der Waals surface area contributed by atoms with Crippen molar-refractivity contribution in [1.29, 1.82) is 0 Å². The molecule has 0 saturated heterocycles. The number of hydrogen-bond acceptors (Lipinski definition) is 3. The van der Waals surface area contributed by atoms with Gasteiger partial charge in [0, 0.05) is 31.5 Å². The van der Waals surface area contributed by atoms with Crippen molar-refractivity contribution < 1.29 is 9.53 Å². The molecule has 1 rings (SSSR count). The molecule has 0 aliphatic rings. The van der Waals surface area contributed by atoms with Gasteiger partial charge in [-0.15, -0.1) is 0 Å². The van der Waals surface area contributed by atoms with E-state index in [0.717, 1.165) is 36.2 Å². The highest BCUT2D eigenvalue weighted by atomic mass is 16.5. The number of ether oxygens (including phenoxy) is 1. The van der Waals surface area contributed by atoms with Crippen molar-refractivity contribution in [3.8, 4) is 0 Å². The molecule has 18 heavy (non-hydrogen) atoms. The summed E-state index contributed by atoms with van der Waals surface area (Å²) >= 11 is 0. The quantitative estimate of drug-likeness (QED) is 0.696. The number of aldehydes is 1. The van der Waals surface area contributed by atoms with Crippen LogP contribution in [0, 0.1) is 12.8 Å². The number of anilines is 1. The summed E-state index contributed by atoms with van der Waals surface area (Å²) in [5, 5.41) is 0. The van der Waals surface area contributed by atoms with Crippen molar-refractivity contribution in [3.05, 3.63) is 29.3 Å². The summed E-state index contributed by atoms with van der Waals surface area (Å²) in [4.78, 5) is 13.4.